The number of amides is 1. The van der Waals surface area contributed by atoms with Crippen molar-refractivity contribution in [2.75, 3.05) is 12.4 Å². The number of rotatable bonds is 7. The van der Waals surface area contributed by atoms with E-state index in [1.807, 2.05) is 31.2 Å². The smallest absolute Gasteiger partial charge is 0.256 e. The topological polar surface area (TPSA) is 84.3 Å². The van der Waals surface area contributed by atoms with Crippen LogP contribution in [0.15, 0.2) is 65.7 Å². The second-order valence-corrected chi connectivity index (χ2v) is 10.6. The Kier molecular flexibility index (Phi) is 6.95. The van der Waals surface area contributed by atoms with Crippen molar-refractivity contribution in [2.24, 2.45) is 0 Å². The van der Waals surface area contributed by atoms with Crippen molar-refractivity contribution in [1.29, 1.82) is 0 Å². The Morgan fingerprint density at radius 1 is 1.03 bits per heavy atom. The molecule has 1 saturated carbocycles. The van der Waals surface area contributed by atoms with Crippen LogP contribution >= 0.6 is 0 Å². The summed E-state index contributed by atoms with van der Waals surface area (Å²) in [5.41, 5.74) is 2.65. The molecular formula is C25H30N4O3S. The average molecular weight is 467 g/mol. The van der Waals surface area contributed by atoms with Gasteiger partial charge in [-0.05, 0) is 49.6 Å². The molecule has 1 N–H and O–H groups in total. The van der Waals surface area contributed by atoms with E-state index in [1.165, 1.54) is 22.0 Å². The minimum Gasteiger partial charge on any atom is -0.307 e. The van der Waals surface area contributed by atoms with Gasteiger partial charge < -0.3 is 5.32 Å². The molecule has 0 spiro atoms. The van der Waals surface area contributed by atoms with Gasteiger partial charge in [0.25, 0.3) is 5.91 Å². The maximum Gasteiger partial charge on any atom is 0.256 e. The molecule has 8 heteroatoms. The van der Waals surface area contributed by atoms with Gasteiger partial charge in [0.05, 0.1) is 17.6 Å². The highest BCUT2D eigenvalue weighted by Gasteiger charge is 2.29. The molecule has 7 nitrogen and oxygen atoms in total. The van der Waals surface area contributed by atoms with Crippen molar-refractivity contribution < 1.29 is 13.2 Å². The fourth-order valence-corrected chi connectivity index (χ4v) is 5.62. The van der Waals surface area contributed by atoms with Crippen LogP contribution in [0.25, 0.3) is 0 Å². The maximum atomic E-state index is 13.0. The molecule has 2 aromatic carbocycles. The van der Waals surface area contributed by atoms with E-state index in [4.69, 9.17) is 0 Å². The number of nitrogens with zero attached hydrogens (tertiary/aromatic N) is 3. The summed E-state index contributed by atoms with van der Waals surface area (Å²) < 4.78 is 29.3. The summed E-state index contributed by atoms with van der Waals surface area (Å²) in [6.07, 6.45) is 6.71. The van der Waals surface area contributed by atoms with Crippen LogP contribution in [0.4, 0.5) is 5.82 Å². The quantitative estimate of drug-likeness (QED) is 0.558. The van der Waals surface area contributed by atoms with Crippen LogP contribution in [0.1, 0.15) is 53.6 Å². The second-order valence-electron chi connectivity index (χ2n) is 8.65. The number of anilines is 1. The monoisotopic (exact) mass is 466 g/mol. The standard InChI is InChI=1S/C25H30N4O3S/c1-19-8-10-20(11-9-19)18-29-24(16-17-26-29)27-25(30)21-12-14-23(15-13-21)33(31,32)28(2)22-6-4-3-5-7-22/h8-17,22H,3-7,18H2,1-2H3,(H,27,30). The van der Waals surface area contributed by atoms with Crippen LogP contribution in [0.2, 0.25) is 0 Å². The summed E-state index contributed by atoms with van der Waals surface area (Å²) >= 11 is 0. The van der Waals surface area contributed by atoms with E-state index in [9.17, 15) is 13.2 Å². The zero-order valence-corrected chi connectivity index (χ0v) is 19.9. The predicted molar refractivity (Wildman–Crippen MR) is 129 cm³/mol. The number of sulfonamides is 1. The Bertz CT molecular complexity index is 1200. The van der Waals surface area contributed by atoms with Crippen molar-refractivity contribution in [3.05, 3.63) is 77.5 Å². The lowest BCUT2D eigenvalue weighted by Crippen LogP contribution is -2.38. The first kappa shape index (κ1) is 23.2. The molecular weight excluding hydrogens is 436 g/mol. The molecule has 0 unspecified atom stereocenters. The molecule has 3 aromatic rings. The molecule has 0 aliphatic heterocycles. The third-order valence-electron chi connectivity index (χ3n) is 6.29. The largest absolute Gasteiger partial charge is 0.307 e. The Morgan fingerprint density at radius 3 is 2.36 bits per heavy atom. The second kappa shape index (κ2) is 9.89. The van der Waals surface area contributed by atoms with Gasteiger partial charge in [0.2, 0.25) is 10.0 Å². The van der Waals surface area contributed by atoms with Crippen molar-refractivity contribution >= 4 is 21.7 Å². The fourth-order valence-electron chi connectivity index (χ4n) is 4.21. The molecule has 0 saturated heterocycles. The number of nitrogens with one attached hydrogen (secondary N) is 1. The zero-order chi connectivity index (χ0) is 23.4. The molecule has 1 aliphatic rings. The minimum atomic E-state index is -3.59. The maximum absolute atomic E-state index is 13.0. The molecule has 1 amide bonds. The molecule has 0 atom stereocenters. The van der Waals surface area contributed by atoms with E-state index >= 15 is 0 Å². The van der Waals surface area contributed by atoms with Crippen LogP contribution in [0.5, 0.6) is 0 Å². The lowest BCUT2D eigenvalue weighted by molar-refractivity contribution is 0.102. The first-order valence-corrected chi connectivity index (χ1v) is 12.8. The first-order chi connectivity index (χ1) is 15.8. The highest BCUT2D eigenvalue weighted by Crippen LogP contribution is 2.26. The van der Waals surface area contributed by atoms with E-state index in [0.29, 0.717) is 17.9 Å². The average Bonchev–Trinajstić information content (AvgIpc) is 3.27. The van der Waals surface area contributed by atoms with Crippen molar-refractivity contribution in [3.8, 4) is 0 Å². The lowest BCUT2D eigenvalue weighted by Gasteiger charge is -2.30. The Balaban J connectivity index is 1.44. The van der Waals surface area contributed by atoms with E-state index in [-0.39, 0.29) is 16.8 Å². The van der Waals surface area contributed by atoms with Crippen molar-refractivity contribution in [2.45, 2.75) is 56.5 Å². The van der Waals surface area contributed by atoms with Crippen LogP contribution in [-0.2, 0) is 16.6 Å². The van der Waals surface area contributed by atoms with Crippen molar-refractivity contribution in [3.63, 3.8) is 0 Å². The zero-order valence-electron chi connectivity index (χ0n) is 19.1. The summed E-state index contributed by atoms with van der Waals surface area (Å²) in [5, 5.41) is 7.18. The van der Waals surface area contributed by atoms with E-state index in [2.05, 4.69) is 10.4 Å². The molecule has 1 heterocycles. The SMILES string of the molecule is Cc1ccc(Cn2nccc2NC(=O)c2ccc(S(=O)(=O)N(C)C3CCCCC3)cc2)cc1. The molecule has 4 rings (SSSR count). The summed E-state index contributed by atoms with van der Waals surface area (Å²) in [4.78, 5) is 13.0. The number of carbonyl (C=O) groups excluding carboxylic acids is 1. The molecule has 1 aliphatic carbocycles. The fraction of sp³-hybridized carbons (Fsp3) is 0.360. The van der Waals surface area contributed by atoms with Gasteiger partial charge in [-0.1, -0.05) is 49.1 Å². The third-order valence-corrected chi connectivity index (χ3v) is 8.22. The van der Waals surface area contributed by atoms with E-state index in [0.717, 1.165) is 37.7 Å². The van der Waals surface area contributed by atoms with Gasteiger partial charge in [-0.25, -0.2) is 13.1 Å². The van der Waals surface area contributed by atoms with Crippen LogP contribution in [-0.4, -0.2) is 41.5 Å². The van der Waals surface area contributed by atoms with Crippen LogP contribution < -0.4 is 5.32 Å². The molecule has 0 bridgehead atoms. The molecule has 33 heavy (non-hydrogen) atoms. The number of carbonyl (C=O) groups is 1. The minimum absolute atomic E-state index is 0.0422. The predicted octanol–water partition coefficient (Wildman–Crippen LogP) is 4.45. The van der Waals surface area contributed by atoms with E-state index in [1.54, 1.807) is 36.1 Å². The normalized spacial score (nSPS) is 15.0. The Labute approximate surface area is 195 Å². The number of aryl methyl sites for hydroxylation is 1. The lowest BCUT2D eigenvalue weighted by atomic mass is 9.96. The van der Waals surface area contributed by atoms with Gasteiger partial charge in [0.1, 0.15) is 5.82 Å². The molecule has 1 fully saturated rings. The summed E-state index contributed by atoms with van der Waals surface area (Å²) in [6.45, 7) is 2.57. The number of aromatic nitrogens is 2. The van der Waals surface area contributed by atoms with Crippen LogP contribution in [0.3, 0.4) is 0 Å². The van der Waals surface area contributed by atoms with Gasteiger partial charge in [0.15, 0.2) is 0 Å². The highest BCUT2D eigenvalue weighted by molar-refractivity contribution is 7.89. The van der Waals surface area contributed by atoms with Gasteiger partial charge in [-0.3, -0.25) is 4.79 Å². The Morgan fingerprint density at radius 2 is 1.70 bits per heavy atom. The van der Waals surface area contributed by atoms with Gasteiger partial charge in [-0.2, -0.15) is 9.40 Å². The summed E-state index contributed by atoms with van der Waals surface area (Å²) in [6, 6.07) is 16.1. The number of hydrogen-bond acceptors (Lipinski definition) is 4. The molecule has 174 valence electrons. The number of benzene rings is 2. The third kappa shape index (κ3) is 5.34. The molecule has 1 aromatic heterocycles. The molecule has 0 radical (unpaired) electrons. The van der Waals surface area contributed by atoms with Crippen LogP contribution in [0, 0.1) is 6.92 Å². The first-order valence-electron chi connectivity index (χ1n) is 11.3. The summed E-state index contributed by atoms with van der Waals surface area (Å²) in [7, 11) is -1.93. The van der Waals surface area contributed by atoms with E-state index < -0.39 is 10.0 Å². The highest BCUT2D eigenvalue weighted by atomic mass is 32.2. The summed E-state index contributed by atoms with van der Waals surface area (Å²) in [5.74, 6) is 0.263. The van der Waals surface area contributed by atoms with Gasteiger partial charge in [0, 0.05) is 24.7 Å². The number of hydrogen-bond donors (Lipinski definition) is 1. The van der Waals surface area contributed by atoms with Gasteiger partial charge >= 0.3 is 0 Å². The Hall–Kier alpha value is -2.97. The van der Waals surface area contributed by atoms with Gasteiger partial charge in [-0.15, -0.1) is 0 Å². The van der Waals surface area contributed by atoms with Crippen molar-refractivity contribution in [1.82, 2.24) is 14.1 Å².